The smallest absolute Gasteiger partial charge is 0.191 e. The Kier molecular flexibility index (Phi) is 12.9. The van der Waals surface area contributed by atoms with Gasteiger partial charge in [0.05, 0.1) is 16.4 Å². The first kappa shape index (κ1) is 43.4. The average molecular weight is 814 g/mol. The summed E-state index contributed by atoms with van der Waals surface area (Å²) >= 11 is 1.54. The van der Waals surface area contributed by atoms with Crippen molar-refractivity contribution in [2.75, 3.05) is 38.9 Å². The van der Waals surface area contributed by atoms with Crippen LogP contribution >= 0.6 is 21.6 Å². The summed E-state index contributed by atoms with van der Waals surface area (Å²) in [5, 5.41) is 29.0. The van der Waals surface area contributed by atoms with Gasteiger partial charge in [0.15, 0.2) is 31.1 Å². The number of hydrogen-bond acceptors (Lipinski definition) is 9. The van der Waals surface area contributed by atoms with Gasteiger partial charge in [-0.3, -0.25) is 0 Å². The summed E-state index contributed by atoms with van der Waals surface area (Å²) in [6, 6.07) is 14.8. The van der Waals surface area contributed by atoms with Crippen LogP contribution in [0.1, 0.15) is 95.0 Å². The van der Waals surface area contributed by atoms with E-state index >= 15 is 0 Å². The van der Waals surface area contributed by atoms with E-state index in [1.807, 2.05) is 38.1 Å². The molecule has 1 aliphatic carbocycles. The highest BCUT2D eigenvalue weighted by Gasteiger charge is 2.50. The van der Waals surface area contributed by atoms with Gasteiger partial charge < -0.3 is 22.8 Å². The first-order chi connectivity index (χ1) is 26.2. The minimum atomic E-state index is -1.81. The maximum absolute atomic E-state index is 9.96. The van der Waals surface area contributed by atoms with Crippen molar-refractivity contribution in [3.8, 4) is 29.7 Å². The molecule has 3 heterocycles. The zero-order valence-corrected chi connectivity index (χ0v) is 37.9. The van der Waals surface area contributed by atoms with E-state index in [0.29, 0.717) is 48.0 Å². The standard InChI is InChI=1S/C45H59N3O5S2Si/c1-43(2,3)55(9,10)51-23-21-33-34(22-24-52-56(11,12)44(4,5)6)39(33)31-16-13-30(14-17-31)15-19-37-41-42(50-26-25-49-41)38(54-37)20-18-36-35(29-48)40(32(27-46)28-47)53-45(36,7)8/h13-20,33-34,39H,21-26H2,1-12H3/b19-15+,20-18+. The number of rotatable bonds is 13. The van der Waals surface area contributed by atoms with Gasteiger partial charge >= 0.3 is 0 Å². The molecule has 11 heteroatoms. The van der Waals surface area contributed by atoms with Crippen LogP contribution in [0.4, 0.5) is 0 Å². The summed E-state index contributed by atoms with van der Waals surface area (Å²) in [6.45, 7) is 24.5. The summed E-state index contributed by atoms with van der Waals surface area (Å²) < 4.78 is 31.5. The highest BCUT2D eigenvalue weighted by atomic mass is 32.3. The molecule has 2 aromatic rings. The van der Waals surface area contributed by atoms with E-state index in [9.17, 15) is 15.8 Å². The molecule has 0 saturated heterocycles. The number of nitriles is 3. The van der Waals surface area contributed by atoms with Gasteiger partial charge in [-0.2, -0.15) is 15.8 Å². The van der Waals surface area contributed by atoms with Gasteiger partial charge in [0.25, 0.3) is 0 Å². The number of benzene rings is 1. The quantitative estimate of drug-likeness (QED) is 0.145. The Bertz CT molecular complexity index is 1990. The molecule has 300 valence electrons. The van der Waals surface area contributed by atoms with E-state index in [1.54, 1.807) is 0 Å². The van der Waals surface area contributed by atoms with Crippen LogP contribution in [0.15, 0.2) is 52.8 Å². The minimum Gasteiger partial charge on any atom is -0.485 e. The highest BCUT2D eigenvalue weighted by molar-refractivity contribution is 8.29. The van der Waals surface area contributed by atoms with Gasteiger partial charge in [0, 0.05) is 16.9 Å². The first-order valence-electron chi connectivity index (χ1n) is 19.4. The Balaban J connectivity index is 1.33. The molecule has 8 nitrogen and oxygen atoms in total. The SMILES string of the molecule is CC1(C)OC(=C(C#N)C#N)C(C#N)=C1/C=C/c1sc(/C=C/c2ccc(C3C(CCO[Si](C)(C)C(C)(C)C)C3CCOS(C)(C)C(C)(C)C)cc2)c2c1OCCO2. The monoisotopic (exact) mass is 813 g/mol. The Morgan fingerprint density at radius 3 is 1.95 bits per heavy atom. The molecule has 3 atom stereocenters. The van der Waals surface area contributed by atoms with Gasteiger partial charge in [0.1, 0.15) is 42.6 Å². The molecule has 1 aromatic heterocycles. The van der Waals surface area contributed by atoms with Crippen molar-refractivity contribution < 1.29 is 22.8 Å². The van der Waals surface area contributed by atoms with Gasteiger partial charge in [0.2, 0.25) is 0 Å². The molecule has 1 fully saturated rings. The summed E-state index contributed by atoms with van der Waals surface area (Å²) in [5.41, 5.74) is 2.10. The highest BCUT2D eigenvalue weighted by Crippen LogP contribution is 2.59. The number of nitrogens with zero attached hydrogens (tertiary/aromatic N) is 3. The molecule has 0 bridgehead atoms. The number of fused-ring (bicyclic) bond motifs is 1. The zero-order chi connectivity index (χ0) is 41.3. The number of thiophene rings is 1. The molecule has 0 spiro atoms. The molecular formula is C45H59N3O5S2Si. The van der Waals surface area contributed by atoms with Crippen LogP contribution in [0.3, 0.4) is 0 Å². The summed E-state index contributed by atoms with van der Waals surface area (Å²) in [7, 11) is -2.98. The van der Waals surface area contributed by atoms with Crippen molar-refractivity contribution in [1.29, 1.82) is 15.8 Å². The second kappa shape index (κ2) is 16.6. The van der Waals surface area contributed by atoms with E-state index < -0.39 is 24.2 Å². The van der Waals surface area contributed by atoms with Crippen molar-refractivity contribution in [1.82, 2.24) is 0 Å². The third-order valence-electron chi connectivity index (χ3n) is 12.0. The molecular weight excluding hydrogens is 755 g/mol. The van der Waals surface area contributed by atoms with E-state index in [1.165, 1.54) is 16.9 Å². The molecule has 56 heavy (non-hydrogen) atoms. The molecule has 2 aliphatic heterocycles. The summed E-state index contributed by atoms with van der Waals surface area (Å²) in [6.07, 6.45) is 14.6. The normalized spacial score (nSPS) is 21.2. The van der Waals surface area contributed by atoms with E-state index in [2.05, 4.69) is 110 Å². The van der Waals surface area contributed by atoms with E-state index in [-0.39, 0.29) is 26.7 Å². The molecule has 0 N–H and O–H groups in total. The van der Waals surface area contributed by atoms with Crippen molar-refractivity contribution in [3.05, 3.63) is 73.7 Å². The second-order valence-corrected chi connectivity index (χ2v) is 28.0. The Hall–Kier alpha value is -3.76. The zero-order valence-electron chi connectivity index (χ0n) is 35.3. The fraction of sp³-hybridized carbons (Fsp3) is 0.533. The second-order valence-electron chi connectivity index (χ2n) is 18.2. The van der Waals surface area contributed by atoms with Gasteiger partial charge in [-0.1, -0.05) is 78.0 Å². The molecule has 5 rings (SSSR count). The Morgan fingerprint density at radius 1 is 0.875 bits per heavy atom. The van der Waals surface area contributed by atoms with Crippen LogP contribution in [-0.4, -0.2) is 57.6 Å². The Labute approximate surface area is 342 Å². The third kappa shape index (κ3) is 9.33. The molecule has 1 saturated carbocycles. The van der Waals surface area contributed by atoms with Crippen LogP contribution in [0.5, 0.6) is 11.5 Å². The molecule has 0 amide bonds. The summed E-state index contributed by atoms with van der Waals surface area (Å²) in [4.78, 5) is 1.77. The molecule has 1 aromatic carbocycles. The molecule has 3 unspecified atom stereocenters. The van der Waals surface area contributed by atoms with Crippen LogP contribution in [-0.2, 0) is 13.3 Å². The fourth-order valence-corrected chi connectivity index (χ4v) is 9.75. The number of allylic oxidation sites excluding steroid dienone is 2. The molecule has 3 aliphatic rings. The predicted molar refractivity (Wildman–Crippen MR) is 233 cm³/mol. The van der Waals surface area contributed by atoms with Crippen LogP contribution < -0.4 is 9.47 Å². The van der Waals surface area contributed by atoms with Crippen molar-refractivity contribution in [2.24, 2.45) is 11.8 Å². The van der Waals surface area contributed by atoms with Crippen molar-refractivity contribution in [3.63, 3.8) is 0 Å². The Morgan fingerprint density at radius 2 is 1.43 bits per heavy atom. The van der Waals surface area contributed by atoms with Crippen LogP contribution in [0, 0.1) is 45.8 Å². The van der Waals surface area contributed by atoms with Crippen molar-refractivity contribution in [2.45, 2.75) is 103 Å². The van der Waals surface area contributed by atoms with Crippen LogP contribution in [0.25, 0.3) is 18.2 Å². The summed E-state index contributed by atoms with van der Waals surface area (Å²) in [5.74, 6) is 3.05. The lowest BCUT2D eigenvalue weighted by molar-refractivity contribution is 0.0954. The van der Waals surface area contributed by atoms with Crippen molar-refractivity contribution >= 4 is 48.2 Å². The van der Waals surface area contributed by atoms with Gasteiger partial charge in [-0.05, 0) is 98.4 Å². The van der Waals surface area contributed by atoms with E-state index in [0.717, 1.165) is 41.4 Å². The lowest BCUT2D eigenvalue weighted by atomic mass is 9.94. The molecule has 0 radical (unpaired) electrons. The fourth-order valence-electron chi connectivity index (χ4n) is 6.82. The lowest BCUT2D eigenvalue weighted by Gasteiger charge is -2.43. The maximum atomic E-state index is 9.96. The number of hydrogen-bond donors (Lipinski definition) is 0. The van der Waals surface area contributed by atoms with Gasteiger partial charge in [-0.25, -0.2) is 0 Å². The number of ether oxygens (including phenoxy) is 3. The topological polar surface area (TPSA) is 118 Å². The first-order valence-corrected chi connectivity index (χ1v) is 25.5. The lowest BCUT2D eigenvalue weighted by Crippen LogP contribution is -2.41. The largest absolute Gasteiger partial charge is 0.485 e. The van der Waals surface area contributed by atoms with E-state index in [4.69, 9.17) is 22.8 Å². The minimum absolute atomic E-state index is 0.0167. The van der Waals surface area contributed by atoms with Gasteiger partial charge in [-0.15, -0.1) is 21.6 Å². The maximum Gasteiger partial charge on any atom is 0.191 e. The predicted octanol–water partition coefficient (Wildman–Crippen LogP) is 11.6. The van der Waals surface area contributed by atoms with Crippen LogP contribution in [0.2, 0.25) is 18.1 Å². The average Bonchev–Trinajstić information content (AvgIpc) is 3.57. The third-order valence-corrected chi connectivity index (χ3v) is 21.3.